The molecule has 0 aliphatic carbocycles. The summed E-state index contributed by atoms with van der Waals surface area (Å²) in [7, 11) is 0. The molecule has 2 heterocycles. The summed E-state index contributed by atoms with van der Waals surface area (Å²) < 4.78 is 108. The molecule has 2 N–H and O–H groups in total. The number of rotatable bonds is 16. The summed E-state index contributed by atoms with van der Waals surface area (Å²) in [5.41, 5.74) is 1.11. The van der Waals surface area contributed by atoms with Crippen LogP contribution in [0.2, 0.25) is 0 Å². The molecule has 0 unspecified atom stereocenters. The van der Waals surface area contributed by atoms with E-state index < -0.39 is 98.1 Å². The largest absolute Gasteiger partial charge is 0.464 e. The number of amides is 1. The van der Waals surface area contributed by atoms with Gasteiger partial charge in [-0.25, -0.2) is 22.4 Å². The summed E-state index contributed by atoms with van der Waals surface area (Å²) in [5.74, 6) is -4.46. The third-order valence-corrected chi connectivity index (χ3v) is 8.12. The van der Waals surface area contributed by atoms with E-state index in [4.69, 9.17) is 14.2 Å². The van der Waals surface area contributed by atoms with Gasteiger partial charge in [-0.2, -0.15) is 13.2 Å². The van der Waals surface area contributed by atoms with Gasteiger partial charge >= 0.3 is 18.2 Å². The van der Waals surface area contributed by atoms with Crippen LogP contribution in [0.4, 0.5) is 35.5 Å². The smallest absolute Gasteiger partial charge is 0.407 e. The van der Waals surface area contributed by atoms with Crippen molar-refractivity contribution < 1.29 is 59.3 Å². The number of benzene rings is 2. The first-order valence-electron chi connectivity index (χ1n) is 16.0. The Morgan fingerprint density at radius 1 is 0.961 bits per heavy atom. The lowest BCUT2D eigenvalue weighted by molar-refractivity contribution is -0.158. The molecule has 16 heteroatoms. The van der Waals surface area contributed by atoms with Crippen molar-refractivity contribution in [2.75, 3.05) is 33.0 Å². The van der Waals surface area contributed by atoms with Gasteiger partial charge in [0.1, 0.15) is 43.4 Å². The van der Waals surface area contributed by atoms with Gasteiger partial charge in [0.05, 0.1) is 37.8 Å². The molecule has 1 aliphatic heterocycles. The number of ether oxygens (including phenoxy) is 3. The Morgan fingerprint density at radius 2 is 1.61 bits per heavy atom. The van der Waals surface area contributed by atoms with E-state index in [2.05, 4.69) is 15.6 Å². The number of halogens is 7. The Morgan fingerprint density at radius 3 is 2.18 bits per heavy atom. The molecule has 1 aromatic heterocycles. The fraction of sp³-hybridized carbons (Fsp3) is 0.429. The second-order valence-electron chi connectivity index (χ2n) is 11.8. The van der Waals surface area contributed by atoms with Crippen molar-refractivity contribution in [2.45, 2.75) is 62.4 Å². The fourth-order valence-corrected chi connectivity index (χ4v) is 5.57. The lowest BCUT2D eigenvalue weighted by atomic mass is 9.81. The zero-order chi connectivity index (χ0) is 37.0. The summed E-state index contributed by atoms with van der Waals surface area (Å²) in [6.45, 7) is -1.43. The highest BCUT2D eigenvalue weighted by Gasteiger charge is 2.34. The number of alkyl halides is 4. The molecule has 1 aliphatic rings. The number of ketones is 1. The van der Waals surface area contributed by atoms with Crippen molar-refractivity contribution in [1.82, 2.24) is 15.6 Å². The Bertz CT molecular complexity index is 1560. The maximum atomic E-state index is 15.2. The lowest BCUT2D eigenvalue weighted by Gasteiger charge is -2.30. The van der Waals surface area contributed by atoms with E-state index in [9.17, 15) is 40.7 Å². The number of nitrogens with one attached hydrogen (secondary N) is 2. The SMILES string of the molecule is O=C(CCC(F)(F)F)OC[C@@H]1CO[C@H](CCc2c(F)cncc2CC(=O)[C@@H](NC(=O)OCCF)C(c2ccc(F)cc2)c2ccc(F)cc2)CN1. The quantitative estimate of drug-likeness (QED) is 0.143. The summed E-state index contributed by atoms with van der Waals surface area (Å²) in [4.78, 5) is 42.3. The third kappa shape index (κ3) is 12.3. The van der Waals surface area contributed by atoms with Crippen LogP contribution in [-0.2, 0) is 36.6 Å². The van der Waals surface area contributed by atoms with Gasteiger partial charge in [-0.3, -0.25) is 14.6 Å². The normalized spacial score (nSPS) is 16.8. The predicted molar refractivity (Wildman–Crippen MR) is 168 cm³/mol. The first-order valence-corrected chi connectivity index (χ1v) is 16.0. The summed E-state index contributed by atoms with van der Waals surface area (Å²) in [5, 5.41) is 5.55. The molecule has 9 nitrogen and oxygen atoms in total. The number of alkyl carbamates (subject to hydrolysis) is 1. The molecule has 0 radical (unpaired) electrons. The van der Waals surface area contributed by atoms with Crippen LogP contribution in [0.15, 0.2) is 60.9 Å². The maximum absolute atomic E-state index is 15.2. The molecule has 276 valence electrons. The number of morpholine rings is 1. The summed E-state index contributed by atoms with van der Waals surface area (Å²) in [6.07, 6.45) is -5.87. The molecule has 1 saturated heterocycles. The number of Topliss-reactive ketones (excluding diaryl/α,β-unsaturated/α-hetero) is 1. The molecule has 2 aromatic carbocycles. The number of carbonyl (C=O) groups excluding carboxylic acids is 3. The van der Waals surface area contributed by atoms with Crippen molar-refractivity contribution in [3.05, 3.63) is 101 Å². The molecule has 3 atom stereocenters. The molecule has 3 aromatic rings. The zero-order valence-electron chi connectivity index (χ0n) is 27.2. The third-order valence-electron chi connectivity index (χ3n) is 8.12. The van der Waals surface area contributed by atoms with E-state index in [1.54, 1.807) is 0 Å². The van der Waals surface area contributed by atoms with Gasteiger partial charge in [0, 0.05) is 25.1 Å². The number of esters is 1. The zero-order valence-corrected chi connectivity index (χ0v) is 27.2. The number of pyridine rings is 1. The number of nitrogens with zero attached hydrogens (tertiary/aromatic N) is 1. The average molecular weight is 728 g/mol. The van der Waals surface area contributed by atoms with Crippen molar-refractivity contribution in [3.8, 4) is 0 Å². The second kappa shape index (κ2) is 18.6. The van der Waals surface area contributed by atoms with Crippen molar-refractivity contribution in [3.63, 3.8) is 0 Å². The molecular formula is C35H36F7N3O6. The minimum atomic E-state index is -4.47. The lowest BCUT2D eigenvalue weighted by Crippen LogP contribution is -2.49. The van der Waals surface area contributed by atoms with E-state index >= 15 is 4.39 Å². The van der Waals surface area contributed by atoms with Gasteiger partial charge in [-0.05, 0) is 59.4 Å². The Kier molecular flexibility index (Phi) is 14.3. The molecular weight excluding hydrogens is 691 g/mol. The Hall–Kier alpha value is -4.57. The van der Waals surface area contributed by atoms with Crippen LogP contribution in [0.25, 0.3) is 0 Å². The van der Waals surface area contributed by atoms with E-state index in [0.717, 1.165) is 30.5 Å². The monoisotopic (exact) mass is 727 g/mol. The number of aromatic nitrogens is 1. The molecule has 0 bridgehead atoms. The maximum Gasteiger partial charge on any atom is 0.407 e. The second-order valence-corrected chi connectivity index (χ2v) is 11.8. The molecule has 4 rings (SSSR count). The number of hydrogen-bond donors (Lipinski definition) is 2. The van der Waals surface area contributed by atoms with Crippen molar-refractivity contribution >= 4 is 17.8 Å². The van der Waals surface area contributed by atoms with Gasteiger partial charge in [0.25, 0.3) is 0 Å². The van der Waals surface area contributed by atoms with Crippen LogP contribution in [0.5, 0.6) is 0 Å². The summed E-state index contributed by atoms with van der Waals surface area (Å²) in [6, 6.07) is 8.31. The van der Waals surface area contributed by atoms with Crippen LogP contribution < -0.4 is 10.6 Å². The van der Waals surface area contributed by atoms with Gasteiger partial charge < -0.3 is 24.8 Å². The van der Waals surface area contributed by atoms with Crippen LogP contribution in [0.1, 0.15) is 47.4 Å². The van der Waals surface area contributed by atoms with E-state index in [1.807, 2.05) is 0 Å². The van der Waals surface area contributed by atoms with Gasteiger partial charge in [0.15, 0.2) is 5.78 Å². The fourth-order valence-electron chi connectivity index (χ4n) is 5.57. The molecule has 51 heavy (non-hydrogen) atoms. The topological polar surface area (TPSA) is 116 Å². The molecule has 0 saturated carbocycles. The average Bonchev–Trinajstić information content (AvgIpc) is 3.10. The van der Waals surface area contributed by atoms with Crippen LogP contribution in [0.3, 0.4) is 0 Å². The van der Waals surface area contributed by atoms with Crippen LogP contribution in [-0.4, -0.2) is 80.2 Å². The molecule has 1 amide bonds. The van der Waals surface area contributed by atoms with E-state index in [-0.39, 0.29) is 43.7 Å². The first-order chi connectivity index (χ1) is 24.3. The van der Waals surface area contributed by atoms with Crippen LogP contribution in [0, 0.1) is 17.5 Å². The van der Waals surface area contributed by atoms with Gasteiger partial charge in [-0.1, -0.05) is 24.3 Å². The predicted octanol–water partition coefficient (Wildman–Crippen LogP) is 5.68. The van der Waals surface area contributed by atoms with Gasteiger partial charge in [0.2, 0.25) is 0 Å². The minimum absolute atomic E-state index is 0.0708. The Labute approximate surface area is 288 Å². The molecule has 1 fully saturated rings. The Balaban J connectivity index is 1.47. The van der Waals surface area contributed by atoms with Gasteiger partial charge in [-0.15, -0.1) is 0 Å². The van der Waals surface area contributed by atoms with Crippen molar-refractivity contribution in [2.24, 2.45) is 0 Å². The van der Waals surface area contributed by atoms with Crippen molar-refractivity contribution in [1.29, 1.82) is 0 Å². The molecule has 0 spiro atoms. The highest BCUT2D eigenvalue weighted by Crippen LogP contribution is 2.31. The highest BCUT2D eigenvalue weighted by atomic mass is 19.4. The standard InChI is InChI=1S/C35H36F7N3O6/c36-13-14-49-34(48)45-33(32(21-1-5-24(37)6-2-21)22-3-7-25(38)8-4-22)30(46)15-23-16-43-18-29(39)28(23)10-9-27-17-44-26(19-50-27)20-51-31(47)11-12-35(40,41)42/h1-8,16,18,26-27,32-33,44H,9-15,17,19-20H2,(H,45,48)/t26-,27+,33+/m0/s1. The highest BCUT2D eigenvalue weighted by molar-refractivity contribution is 5.91. The van der Waals surface area contributed by atoms with E-state index in [0.29, 0.717) is 11.1 Å². The first kappa shape index (κ1) is 39.2. The van der Waals surface area contributed by atoms with E-state index in [1.165, 1.54) is 30.5 Å². The van der Waals surface area contributed by atoms with Crippen LogP contribution >= 0.6 is 0 Å². The summed E-state index contributed by atoms with van der Waals surface area (Å²) >= 11 is 0. The number of carbonyl (C=O) groups is 3. The number of hydrogen-bond acceptors (Lipinski definition) is 8. The minimum Gasteiger partial charge on any atom is -0.464 e.